The molecule has 6 nitrogen and oxygen atoms in total. The van der Waals surface area contributed by atoms with Gasteiger partial charge < -0.3 is 19.2 Å². The van der Waals surface area contributed by atoms with Crippen molar-refractivity contribution in [3.05, 3.63) is 47.4 Å². The quantitative estimate of drug-likeness (QED) is 0.646. The van der Waals surface area contributed by atoms with Gasteiger partial charge in [0.2, 0.25) is 0 Å². The molecule has 1 aliphatic rings. The van der Waals surface area contributed by atoms with Crippen molar-refractivity contribution in [2.24, 2.45) is 0 Å². The van der Waals surface area contributed by atoms with Crippen LogP contribution >= 0.6 is 0 Å². The first kappa shape index (κ1) is 18.3. The van der Waals surface area contributed by atoms with E-state index in [9.17, 15) is 19.8 Å². The minimum atomic E-state index is -1.01. The summed E-state index contributed by atoms with van der Waals surface area (Å²) in [6.07, 6.45) is 8.83. The van der Waals surface area contributed by atoms with Crippen LogP contribution in [0.15, 0.2) is 35.1 Å². The van der Waals surface area contributed by atoms with Crippen LogP contribution in [0, 0.1) is 6.92 Å². The molecule has 28 heavy (non-hydrogen) atoms. The molecule has 6 heteroatoms. The van der Waals surface area contributed by atoms with E-state index in [1.54, 1.807) is 30.1 Å². The van der Waals surface area contributed by atoms with Crippen molar-refractivity contribution in [2.75, 3.05) is 0 Å². The molecule has 0 amide bonds. The summed E-state index contributed by atoms with van der Waals surface area (Å²) in [5.74, 6) is -1.64. The van der Waals surface area contributed by atoms with E-state index < -0.39 is 11.9 Å². The summed E-state index contributed by atoms with van der Waals surface area (Å²) in [4.78, 5) is 23.4. The Morgan fingerprint density at radius 2 is 1.89 bits per heavy atom. The Hall–Kier alpha value is -3.02. The maximum atomic E-state index is 11.7. The number of benzene rings is 1. The van der Waals surface area contributed by atoms with Gasteiger partial charge in [-0.1, -0.05) is 25.3 Å². The van der Waals surface area contributed by atoms with Crippen LogP contribution in [0.25, 0.3) is 22.2 Å². The molecule has 1 aliphatic carbocycles. The molecule has 1 fully saturated rings. The number of fused-ring (bicyclic) bond motifs is 1. The highest BCUT2D eigenvalue weighted by molar-refractivity contribution is 6.01. The third-order valence-electron chi connectivity index (χ3n) is 5.85. The van der Waals surface area contributed by atoms with Crippen molar-refractivity contribution in [1.29, 1.82) is 0 Å². The van der Waals surface area contributed by atoms with E-state index in [0.717, 1.165) is 47.9 Å². The second kappa shape index (κ2) is 7.19. The van der Waals surface area contributed by atoms with E-state index in [4.69, 9.17) is 4.42 Å². The predicted octanol–water partition coefficient (Wildman–Crippen LogP) is 5.04. The van der Waals surface area contributed by atoms with Gasteiger partial charge >= 0.3 is 11.9 Å². The second-order valence-corrected chi connectivity index (χ2v) is 7.53. The fraction of sp³-hybridized carbons (Fsp3) is 0.364. The van der Waals surface area contributed by atoms with Crippen molar-refractivity contribution in [1.82, 2.24) is 4.57 Å². The number of carboxylic acids is 2. The summed E-state index contributed by atoms with van der Waals surface area (Å²) in [5, 5.41) is 20.1. The van der Waals surface area contributed by atoms with Crippen molar-refractivity contribution in [2.45, 2.75) is 51.5 Å². The van der Waals surface area contributed by atoms with Crippen LogP contribution in [0.3, 0.4) is 0 Å². The van der Waals surface area contributed by atoms with Gasteiger partial charge in [0.05, 0.1) is 29.3 Å². The van der Waals surface area contributed by atoms with Crippen LogP contribution in [-0.2, 0) is 11.3 Å². The highest BCUT2D eigenvalue weighted by atomic mass is 16.4. The summed E-state index contributed by atoms with van der Waals surface area (Å²) in [5.41, 5.74) is 4.28. The van der Waals surface area contributed by atoms with Crippen LogP contribution in [0.5, 0.6) is 0 Å². The molecule has 0 aliphatic heterocycles. The van der Waals surface area contributed by atoms with E-state index >= 15 is 0 Å². The zero-order valence-corrected chi connectivity index (χ0v) is 15.8. The van der Waals surface area contributed by atoms with Gasteiger partial charge in [-0.05, 0) is 48.9 Å². The number of aromatic nitrogens is 1. The Bertz CT molecular complexity index is 1040. The molecule has 146 valence electrons. The third-order valence-corrected chi connectivity index (χ3v) is 5.85. The van der Waals surface area contributed by atoms with Crippen molar-refractivity contribution in [3.63, 3.8) is 0 Å². The average molecular weight is 381 g/mol. The predicted molar refractivity (Wildman–Crippen MR) is 105 cm³/mol. The Morgan fingerprint density at radius 3 is 2.50 bits per heavy atom. The Balaban J connectivity index is 2.10. The van der Waals surface area contributed by atoms with E-state index in [1.807, 2.05) is 12.1 Å². The number of hydrogen-bond acceptors (Lipinski definition) is 3. The summed E-state index contributed by atoms with van der Waals surface area (Å²) in [6.45, 7) is 1.53. The lowest BCUT2D eigenvalue weighted by Gasteiger charge is -2.23. The largest absolute Gasteiger partial charge is 0.480 e. The molecule has 2 heterocycles. The Labute approximate surface area is 162 Å². The molecule has 2 aromatic heterocycles. The minimum absolute atomic E-state index is 0.200. The van der Waals surface area contributed by atoms with Crippen molar-refractivity contribution >= 4 is 22.8 Å². The first-order valence-corrected chi connectivity index (χ1v) is 9.62. The molecular weight excluding hydrogens is 358 g/mol. The fourth-order valence-corrected chi connectivity index (χ4v) is 4.69. The van der Waals surface area contributed by atoms with Crippen LogP contribution in [0.2, 0.25) is 0 Å². The number of aromatic carboxylic acids is 1. The number of nitrogens with zero attached hydrogens (tertiary/aromatic N) is 1. The highest BCUT2D eigenvalue weighted by Crippen LogP contribution is 2.45. The molecule has 1 saturated carbocycles. The van der Waals surface area contributed by atoms with Gasteiger partial charge in [0.15, 0.2) is 0 Å². The normalized spacial score (nSPS) is 15.2. The first-order chi connectivity index (χ1) is 13.5. The molecule has 0 radical (unpaired) electrons. The fourth-order valence-electron chi connectivity index (χ4n) is 4.69. The van der Waals surface area contributed by atoms with E-state index in [1.165, 1.54) is 6.42 Å². The number of carboxylic acid groups (broad SMARTS) is 2. The topological polar surface area (TPSA) is 92.7 Å². The number of hydrogen-bond donors (Lipinski definition) is 2. The number of aryl methyl sites for hydroxylation is 1. The van der Waals surface area contributed by atoms with Crippen LogP contribution in [0.1, 0.15) is 59.5 Å². The maximum Gasteiger partial charge on any atom is 0.336 e. The minimum Gasteiger partial charge on any atom is -0.480 e. The first-order valence-electron chi connectivity index (χ1n) is 9.62. The number of aliphatic carboxylic acids is 1. The van der Waals surface area contributed by atoms with E-state index in [-0.39, 0.29) is 12.1 Å². The average Bonchev–Trinajstić information content (AvgIpc) is 3.28. The summed E-state index contributed by atoms with van der Waals surface area (Å²) >= 11 is 0. The maximum absolute atomic E-state index is 11.7. The van der Waals surface area contributed by atoms with Crippen LogP contribution < -0.4 is 0 Å². The summed E-state index contributed by atoms with van der Waals surface area (Å²) < 4.78 is 7.06. The van der Waals surface area contributed by atoms with Crippen LogP contribution in [-0.4, -0.2) is 26.7 Å². The lowest BCUT2D eigenvalue weighted by atomic mass is 9.82. The zero-order chi connectivity index (χ0) is 19.8. The van der Waals surface area contributed by atoms with Crippen molar-refractivity contribution < 1.29 is 24.2 Å². The molecule has 0 bridgehead atoms. The van der Waals surface area contributed by atoms with Crippen LogP contribution in [0.4, 0.5) is 0 Å². The van der Waals surface area contributed by atoms with Gasteiger partial charge in [-0.25, -0.2) is 4.79 Å². The molecule has 0 saturated heterocycles. The van der Waals surface area contributed by atoms with E-state index in [0.29, 0.717) is 17.0 Å². The SMILES string of the molecule is Cc1c(C(=O)O)ccc2c(C3CCCCC3)c(-c3ccoc3)n(CC(=O)O)c12. The van der Waals surface area contributed by atoms with Crippen molar-refractivity contribution in [3.8, 4) is 11.3 Å². The second-order valence-electron chi connectivity index (χ2n) is 7.53. The zero-order valence-electron chi connectivity index (χ0n) is 15.8. The summed E-state index contributed by atoms with van der Waals surface area (Å²) in [6, 6.07) is 5.32. The lowest BCUT2D eigenvalue weighted by Crippen LogP contribution is -2.12. The number of carbonyl (C=O) groups is 2. The van der Waals surface area contributed by atoms with Gasteiger partial charge in [-0.3, -0.25) is 4.79 Å². The Morgan fingerprint density at radius 1 is 1.14 bits per heavy atom. The van der Waals surface area contributed by atoms with Gasteiger partial charge in [-0.2, -0.15) is 0 Å². The van der Waals surface area contributed by atoms with E-state index in [2.05, 4.69) is 0 Å². The molecule has 0 atom stereocenters. The third kappa shape index (κ3) is 2.99. The molecular formula is C22H23NO5. The molecule has 2 N–H and O–H groups in total. The number of furan rings is 1. The summed E-state index contributed by atoms with van der Waals surface area (Å²) in [7, 11) is 0. The molecule has 0 spiro atoms. The monoisotopic (exact) mass is 381 g/mol. The highest BCUT2D eigenvalue weighted by Gasteiger charge is 2.29. The molecule has 1 aromatic carbocycles. The number of rotatable bonds is 5. The smallest absolute Gasteiger partial charge is 0.336 e. The van der Waals surface area contributed by atoms with Gasteiger partial charge in [-0.15, -0.1) is 0 Å². The standard InChI is InChI=1S/C22H23NO5/c1-13-16(22(26)27)7-8-17-19(14-5-3-2-4-6-14)21(15-9-10-28-12-15)23(20(13)17)11-18(24)25/h7-10,12,14H,2-6,11H2,1H3,(H,24,25)(H,26,27). The van der Waals surface area contributed by atoms with Gasteiger partial charge in [0, 0.05) is 10.9 Å². The van der Waals surface area contributed by atoms with Gasteiger partial charge in [0.25, 0.3) is 0 Å². The molecule has 0 unspecified atom stereocenters. The lowest BCUT2D eigenvalue weighted by molar-refractivity contribution is -0.137. The van der Waals surface area contributed by atoms with Gasteiger partial charge in [0.1, 0.15) is 6.54 Å². The molecule has 4 rings (SSSR count). The molecule has 3 aromatic rings. The Kier molecular flexibility index (Phi) is 4.71.